The van der Waals surface area contributed by atoms with Gasteiger partial charge in [0.15, 0.2) is 0 Å². The van der Waals surface area contributed by atoms with Crippen LogP contribution in [0, 0.1) is 0 Å². The van der Waals surface area contributed by atoms with E-state index in [1.165, 1.54) is 44.3 Å². The maximum absolute atomic E-state index is 13.4. The third-order valence-electron chi connectivity index (χ3n) is 7.20. The number of piperidine rings is 1. The summed E-state index contributed by atoms with van der Waals surface area (Å²) in [5.41, 5.74) is 2.96. The van der Waals surface area contributed by atoms with Gasteiger partial charge in [-0.1, -0.05) is 40.9 Å². The van der Waals surface area contributed by atoms with E-state index in [9.17, 15) is 4.79 Å². The van der Waals surface area contributed by atoms with Crippen LogP contribution in [-0.4, -0.2) is 57.3 Å². The van der Waals surface area contributed by atoms with E-state index in [1.54, 1.807) is 22.7 Å². The van der Waals surface area contributed by atoms with Crippen molar-refractivity contribution in [3.05, 3.63) is 67.6 Å². The smallest absolute Gasteiger partial charge is 0.261 e. The Hall–Kier alpha value is -1.38. The molecule has 5 rings (SSSR count). The van der Waals surface area contributed by atoms with E-state index in [2.05, 4.69) is 43.7 Å². The maximum atomic E-state index is 13.4. The number of hydrogen-bond acceptors (Lipinski definition) is 5. The van der Waals surface area contributed by atoms with Crippen molar-refractivity contribution in [2.45, 2.75) is 56.6 Å². The molecule has 2 fully saturated rings. The van der Waals surface area contributed by atoms with Crippen molar-refractivity contribution in [1.29, 1.82) is 0 Å². The number of halogens is 2. The molecule has 3 heterocycles. The highest BCUT2D eigenvalue weighted by molar-refractivity contribution is 9.10. The van der Waals surface area contributed by atoms with Crippen molar-refractivity contribution < 1.29 is 0 Å². The second-order valence-corrected chi connectivity index (χ2v) is 12.2. The van der Waals surface area contributed by atoms with Gasteiger partial charge >= 0.3 is 0 Å². The zero-order chi connectivity index (χ0) is 24.4. The van der Waals surface area contributed by atoms with Crippen LogP contribution >= 0.6 is 39.3 Å². The molecule has 1 atom stereocenters. The molecule has 5 nitrogen and oxygen atoms in total. The topological polar surface area (TPSA) is 41.4 Å². The number of aromatic nitrogens is 2. The Morgan fingerprint density at radius 1 is 1.09 bits per heavy atom. The van der Waals surface area contributed by atoms with Crippen LogP contribution in [0.3, 0.4) is 0 Å². The molecule has 2 saturated heterocycles. The van der Waals surface area contributed by atoms with Crippen LogP contribution in [0.5, 0.6) is 0 Å². The number of rotatable bonds is 7. The molecule has 0 amide bonds. The van der Waals surface area contributed by atoms with Crippen LogP contribution in [0.1, 0.15) is 43.7 Å². The van der Waals surface area contributed by atoms with E-state index in [4.69, 9.17) is 11.6 Å². The lowest BCUT2D eigenvalue weighted by Gasteiger charge is -2.32. The standard InChI is InChI=1S/C27H32BrClN4OS/c1-2-35-26-7-6-21(29)12-20(26)16-33-18-30-25-13-19(24(28)14-23(25)27(33)34)15-31-11-8-22(17-31)32-9-4-3-5-10-32/h6-7,12-14,18,22H,2-5,8-11,15-17H2,1H3. The summed E-state index contributed by atoms with van der Waals surface area (Å²) in [6.07, 6.45) is 6.98. The van der Waals surface area contributed by atoms with Crippen molar-refractivity contribution in [3.8, 4) is 0 Å². The van der Waals surface area contributed by atoms with E-state index in [-0.39, 0.29) is 5.56 Å². The number of likely N-dealkylation sites (tertiary alicyclic amines) is 2. The zero-order valence-electron chi connectivity index (χ0n) is 20.2. The van der Waals surface area contributed by atoms with Gasteiger partial charge in [0.05, 0.1) is 23.8 Å². The molecule has 8 heteroatoms. The summed E-state index contributed by atoms with van der Waals surface area (Å²) < 4.78 is 2.66. The summed E-state index contributed by atoms with van der Waals surface area (Å²) in [6, 6.07) is 10.6. The van der Waals surface area contributed by atoms with E-state index in [0.29, 0.717) is 23.0 Å². The minimum atomic E-state index is -0.0268. The van der Waals surface area contributed by atoms with Gasteiger partial charge in [0.25, 0.3) is 5.56 Å². The zero-order valence-corrected chi connectivity index (χ0v) is 23.3. The molecule has 0 radical (unpaired) electrons. The predicted molar refractivity (Wildman–Crippen MR) is 150 cm³/mol. The summed E-state index contributed by atoms with van der Waals surface area (Å²) in [5, 5.41) is 1.32. The summed E-state index contributed by atoms with van der Waals surface area (Å²) in [7, 11) is 0. The van der Waals surface area contributed by atoms with Crippen molar-refractivity contribution >= 4 is 50.2 Å². The molecule has 0 N–H and O–H groups in total. The van der Waals surface area contributed by atoms with Gasteiger partial charge in [-0.15, -0.1) is 11.8 Å². The number of nitrogens with zero attached hydrogens (tertiary/aromatic N) is 4. The first-order valence-electron chi connectivity index (χ1n) is 12.6. The summed E-state index contributed by atoms with van der Waals surface area (Å²) in [6.45, 7) is 8.21. The van der Waals surface area contributed by atoms with E-state index in [0.717, 1.165) is 45.8 Å². The molecule has 35 heavy (non-hydrogen) atoms. The highest BCUT2D eigenvalue weighted by atomic mass is 79.9. The molecule has 0 saturated carbocycles. The molecule has 1 unspecified atom stereocenters. The highest BCUT2D eigenvalue weighted by Crippen LogP contribution is 2.28. The Kier molecular flexibility index (Phi) is 8.19. The van der Waals surface area contributed by atoms with Crippen molar-refractivity contribution in [2.75, 3.05) is 31.9 Å². The van der Waals surface area contributed by atoms with Gasteiger partial charge < -0.3 is 0 Å². The molecule has 0 bridgehead atoms. The molecule has 0 aliphatic carbocycles. The lowest BCUT2D eigenvalue weighted by atomic mass is 10.1. The number of fused-ring (bicyclic) bond motifs is 1. The molecule has 3 aromatic rings. The van der Waals surface area contributed by atoms with Gasteiger partial charge in [-0.3, -0.25) is 19.2 Å². The quantitative estimate of drug-likeness (QED) is 0.322. The molecule has 2 aliphatic heterocycles. The molecule has 1 aromatic heterocycles. The Labute approximate surface area is 225 Å². The average Bonchev–Trinajstić information content (AvgIpc) is 3.33. The minimum absolute atomic E-state index is 0.0268. The van der Waals surface area contributed by atoms with Crippen LogP contribution in [-0.2, 0) is 13.1 Å². The van der Waals surface area contributed by atoms with E-state index in [1.807, 2.05) is 24.3 Å². The molecule has 2 aliphatic rings. The largest absolute Gasteiger partial charge is 0.299 e. The molecule has 0 spiro atoms. The fourth-order valence-corrected chi connectivity index (χ4v) is 6.83. The first-order chi connectivity index (χ1) is 17.0. The minimum Gasteiger partial charge on any atom is -0.299 e. The van der Waals surface area contributed by atoms with Crippen LogP contribution in [0.15, 0.2) is 50.8 Å². The first kappa shape index (κ1) is 25.3. The highest BCUT2D eigenvalue weighted by Gasteiger charge is 2.28. The normalized spacial score (nSPS) is 19.6. The third-order valence-corrected chi connectivity index (χ3v) is 9.18. The van der Waals surface area contributed by atoms with Gasteiger partial charge in [-0.05, 0) is 79.6 Å². The Bertz CT molecular complexity index is 1260. The summed E-state index contributed by atoms with van der Waals surface area (Å²) in [5.74, 6) is 0.963. The van der Waals surface area contributed by atoms with Gasteiger partial charge in [0.2, 0.25) is 0 Å². The van der Waals surface area contributed by atoms with Crippen molar-refractivity contribution in [2.24, 2.45) is 0 Å². The maximum Gasteiger partial charge on any atom is 0.261 e. The van der Waals surface area contributed by atoms with E-state index >= 15 is 0 Å². The van der Waals surface area contributed by atoms with E-state index < -0.39 is 0 Å². The third kappa shape index (κ3) is 5.80. The second-order valence-electron chi connectivity index (χ2n) is 9.60. The van der Waals surface area contributed by atoms with Crippen LogP contribution in [0.25, 0.3) is 10.9 Å². The molecular weight excluding hydrogens is 544 g/mol. The second kappa shape index (κ2) is 11.3. The lowest BCUT2D eigenvalue weighted by molar-refractivity contribution is 0.161. The number of benzene rings is 2. The molecule has 2 aromatic carbocycles. The molecular formula is C27H32BrClN4OS. The average molecular weight is 576 g/mol. The Morgan fingerprint density at radius 3 is 2.71 bits per heavy atom. The van der Waals surface area contributed by atoms with Gasteiger partial charge in [-0.25, -0.2) is 4.98 Å². The fraction of sp³-hybridized carbons (Fsp3) is 0.481. The van der Waals surface area contributed by atoms with Gasteiger partial charge in [-0.2, -0.15) is 0 Å². The number of thioether (sulfide) groups is 1. The van der Waals surface area contributed by atoms with Gasteiger partial charge in [0, 0.05) is 40.1 Å². The van der Waals surface area contributed by atoms with Crippen molar-refractivity contribution in [3.63, 3.8) is 0 Å². The van der Waals surface area contributed by atoms with Crippen LogP contribution in [0.4, 0.5) is 0 Å². The van der Waals surface area contributed by atoms with Crippen LogP contribution in [0.2, 0.25) is 5.02 Å². The Morgan fingerprint density at radius 2 is 1.91 bits per heavy atom. The molecule has 186 valence electrons. The lowest BCUT2D eigenvalue weighted by Crippen LogP contribution is -2.40. The summed E-state index contributed by atoms with van der Waals surface area (Å²) in [4.78, 5) is 24.4. The predicted octanol–water partition coefficient (Wildman–Crippen LogP) is 6.03. The monoisotopic (exact) mass is 574 g/mol. The number of hydrogen-bond donors (Lipinski definition) is 0. The fourth-order valence-electron chi connectivity index (χ4n) is 5.39. The Balaban J connectivity index is 1.34. The van der Waals surface area contributed by atoms with Gasteiger partial charge in [0.1, 0.15) is 0 Å². The summed E-state index contributed by atoms with van der Waals surface area (Å²) >= 11 is 11.8. The SMILES string of the molecule is CCSc1ccc(Cl)cc1Cn1cnc2cc(CN3CCC(N4CCCCC4)C3)c(Br)cc2c1=O. The van der Waals surface area contributed by atoms with Crippen molar-refractivity contribution in [1.82, 2.24) is 19.4 Å². The first-order valence-corrected chi connectivity index (χ1v) is 14.7. The van der Waals surface area contributed by atoms with Crippen LogP contribution < -0.4 is 5.56 Å².